The van der Waals surface area contributed by atoms with Crippen molar-refractivity contribution in [2.24, 2.45) is 0 Å². The first-order chi connectivity index (χ1) is 11.0. The summed E-state index contributed by atoms with van der Waals surface area (Å²) in [5.41, 5.74) is 1.52. The number of nitrogens with zero attached hydrogens (tertiary/aromatic N) is 1. The predicted octanol–water partition coefficient (Wildman–Crippen LogP) is 3.48. The van der Waals surface area contributed by atoms with Crippen molar-refractivity contribution < 1.29 is 13.5 Å². The Morgan fingerprint density at radius 2 is 1.78 bits per heavy atom. The lowest BCUT2D eigenvalue weighted by Gasteiger charge is -2.08. The van der Waals surface area contributed by atoms with Gasteiger partial charge in [0.1, 0.15) is 11.6 Å². The lowest BCUT2D eigenvalue weighted by atomic mass is 10.2. The molecule has 118 valence electrons. The van der Waals surface area contributed by atoms with Crippen molar-refractivity contribution in [3.63, 3.8) is 0 Å². The summed E-state index contributed by atoms with van der Waals surface area (Å²) in [7, 11) is -3.22. The highest BCUT2D eigenvalue weighted by molar-refractivity contribution is 7.91. The molecule has 0 spiro atoms. The molecule has 3 rings (SSSR count). The summed E-state index contributed by atoms with van der Waals surface area (Å²) in [4.78, 5) is 4.79. The zero-order valence-electron chi connectivity index (χ0n) is 12.5. The summed E-state index contributed by atoms with van der Waals surface area (Å²) >= 11 is 0. The van der Waals surface area contributed by atoms with Gasteiger partial charge >= 0.3 is 0 Å². The number of nitrogens with one attached hydrogen (secondary N) is 1. The molecule has 0 aliphatic rings. The molecule has 0 radical (unpaired) electrons. The average Bonchev–Trinajstić information content (AvgIpc) is 2.56. The highest BCUT2D eigenvalue weighted by Gasteiger charge is 2.12. The fourth-order valence-corrected chi connectivity index (χ4v) is 3.14. The maximum Gasteiger partial charge on any atom is 0.178 e. The van der Waals surface area contributed by atoms with E-state index in [1.54, 1.807) is 55.5 Å². The molecule has 6 heteroatoms. The van der Waals surface area contributed by atoms with Gasteiger partial charge in [-0.3, -0.25) is 0 Å². The van der Waals surface area contributed by atoms with Gasteiger partial charge in [-0.25, -0.2) is 13.4 Å². The van der Waals surface area contributed by atoms with Crippen LogP contribution in [0.5, 0.6) is 5.75 Å². The van der Waals surface area contributed by atoms with E-state index in [1.807, 2.05) is 6.07 Å². The van der Waals surface area contributed by atoms with Crippen molar-refractivity contribution >= 4 is 32.2 Å². The number of hydrogen-bond acceptors (Lipinski definition) is 5. The van der Waals surface area contributed by atoms with Gasteiger partial charge in [0.05, 0.1) is 16.2 Å². The topological polar surface area (TPSA) is 79.3 Å². The van der Waals surface area contributed by atoms with Crippen LogP contribution in [0.3, 0.4) is 0 Å². The van der Waals surface area contributed by atoms with Crippen LogP contribution in [0.1, 0.15) is 6.92 Å². The van der Waals surface area contributed by atoms with Crippen LogP contribution in [0.25, 0.3) is 10.9 Å². The first-order valence-corrected chi connectivity index (χ1v) is 8.83. The summed E-state index contributed by atoms with van der Waals surface area (Å²) in [6.45, 7) is 1.63. The van der Waals surface area contributed by atoms with Crippen molar-refractivity contribution in [3.8, 4) is 5.75 Å². The molecule has 0 atom stereocenters. The van der Waals surface area contributed by atoms with E-state index in [2.05, 4.69) is 10.3 Å². The number of rotatable bonds is 4. The maximum atomic E-state index is 11.9. The van der Waals surface area contributed by atoms with Gasteiger partial charge in [0.15, 0.2) is 9.84 Å². The second-order valence-corrected chi connectivity index (χ2v) is 7.40. The summed E-state index contributed by atoms with van der Waals surface area (Å²) in [5.74, 6) is 0.924. The molecule has 0 fully saturated rings. The van der Waals surface area contributed by atoms with Gasteiger partial charge in [-0.15, -0.1) is 0 Å². The molecule has 0 unspecified atom stereocenters. The number of pyridine rings is 1. The Kier molecular flexibility index (Phi) is 3.92. The van der Waals surface area contributed by atoms with Gasteiger partial charge in [-0.05, 0) is 54.6 Å². The SMILES string of the molecule is CCS(=O)(=O)c1ccc2nc(Nc3ccc(O)cc3)ccc2c1. The standard InChI is InChI=1S/C17H16N2O3S/c1-2-23(21,22)15-8-9-16-12(11-15)3-10-17(19-16)18-13-4-6-14(20)7-5-13/h3-11,20H,2H2,1H3,(H,18,19). The van der Waals surface area contributed by atoms with Crippen molar-refractivity contribution in [2.45, 2.75) is 11.8 Å². The zero-order chi connectivity index (χ0) is 16.4. The molecule has 1 aromatic heterocycles. The van der Waals surface area contributed by atoms with E-state index in [-0.39, 0.29) is 11.5 Å². The van der Waals surface area contributed by atoms with Gasteiger partial charge < -0.3 is 10.4 Å². The molecule has 23 heavy (non-hydrogen) atoms. The number of sulfone groups is 1. The maximum absolute atomic E-state index is 11.9. The summed E-state index contributed by atoms with van der Waals surface area (Å²) in [5, 5.41) is 13.2. The van der Waals surface area contributed by atoms with Crippen molar-refractivity contribution in [2.75, 3.05) is 11.1 Å². The number of aromatic nitrogens is 1. The monoisotopic (exact) mass is 328 g/mol. The van der Waals surface area contributed by atoms with Gasteiger partial charge in [-0.2, -0.15) is 0 Å². The fraction of sp³-hybridized carbons (Fsp3) is 0.118. The van der Waals surface area contributed by atoms with Crippen LogP contribution in [0.15, 0.2) is 59.5 Å². The van der Waals surface area contributed by atoms with Crippen LogP contribution >= 0.6 is 0 Å². The Morgan fingerprint density at radius 1 is 1.04 bits per heavy atom. The minimum atomic E-state index is -3.22. The molecule has 1 heterocycles. The first-order valence-electron chi connectivity index (χ1n) is 7.17. The molecule has 2 aromatic carbocycles. The van der Waals surface area contributed by atoms with E-state index >= 15 is 0 Å². The third kappa shape index (κ3) is 3.27. The van der Waals surface area contributed by atoms with E-state index in [4.69, 9.17) is 0 Å². The largest absolute Gasteiger partial charge is 0.508 e. The number of anilines is 2. The number of phenolic OH excluding ortho intramolecular Hbond substituents is 1. The van der Waals surface area contributed by atoms with E-state index in [0.717, 1.165) is 11.1 Å². The summed E-state index contributed by atoms with van der Waals surface area (Å²) < 4.78 is 23.9. The Labute approximate surface area is 134 Å². The first kappa shape index (κ1) is 15.3. The number of hydrogen-bond donors (Lipinski definition) is 2. The van der Waals surface area contributed by atoms with Crippen LogP contribution in [-0.2, 0) is 9.84 Å². The van der Waals surface area contributed by atoms with E-state index < -0.39 is 9.84 Å². The third-order valence-corrected chi connectivity index (χ3v) is 5.27. The molecule has 0 aliphatic heterocycles. The van der Waals surface area contributed by atoms with Gasteiger partial charge in [0.2, 0.25) is 0 Å². The minimum Gasteiger partial charge on any atom is -0.508 e. The average molecular weight is 328 g/mol. The predicted molar refractivity (Wildman–Crippen MR) is 90.9 cm³/mol. The number of aromatic hydroxyl groups is 1. The van der Waals surface area contributed by atoms with Crippen LogP contribution < -0.4 is 5.32 Å². The van der Waals surface area contributed by atoms with Crippen LogP contribution in [-0.4, -0.2) is 24.3 Å². The number of phenols is 1. The second-order valence-electron chi connectivity index (χ2n) is 5.13. The smallest absolute Gasteiger partial charge is 0.178 e. The second kappa shape index (κ2) is 5.89. The van der Waals surface area contributed by atoms with Gasteiger partial charge in [-0.1, -0.05) is 6.92 Å². The molecule has 3 aromatic rings. The Bertz CT molecular complexity index is 951. The molecule has 0 saturated heterocycles. The van der Waals surface area contributed by atoms with Gasteiger partial charge in [0, 0.05) is 11.1 Å². The molecular formula is C17H16N2O3S. The van der Waals surface area contributed by atoms with Crippen LogP contribution in [0.4, 0.5) is 11.5 Å². The minimum absolute atomic E-state index is 0.0758. The Hall–Kier alpha value is -2.60. The third-order valence-electron chi connectivity index (χ3n) is 3.54. The normalized spacial score (nSPS) is 11.5. The summed E-state index contributed by atoms with van der Waals surface area (Å²) in [6, 6.07) is 15.2. The molecule has 5 nitrogen and oxygen atoms in total. The zero-order valence-corrected chi connectivity index (χ0v) is 13.3. The number of benzene rings is 2. The lowest BCUT2D eigenvalue weighted by molar-refractivity contribution is 0.475. The lowest BCUT2D eigenvalue weighted by Crippen LogP contribution is -2.03. The Morgan fingerprint density at radius 3 is 2.48 bits per heavy atom. The van der Waals surface area contributed by atoms with E-state index in [1.165, 1.54) is 0 Å². The van der Waals surface area contributed by atoms with Crippen molar-refractivity contribution in [1.29, 1.82) is 0 Å². The molecule has 0 saturated carbocycles. The van der Waals surface area contributed by atoms with Crippen molar-refractivity contribution in [1.82, 2.24) is 4.98 Å². The molecule has 2 N–H and O–H groups in total. The highest BCUT2D eigenvalue weighted by Crippen LogP contribution is 2.23. The molecule has 0 amide bonds. The quantitative estimate of drug-likeness (QED) is 0.717. The van der Waals surface area contributed by atoms with E-state index in [9.17, 15) is 13.5 Å². The highest BCUT2D eigenvalue weighted by atomic mass is 32.2. The molecule has 0 bridgehead atoms. The van der Waals surface area contributed by atoms with Crippen LogP contribution in [0.2, 0.25) is 0 Å². The van der Waals surface area contributed by atoms with E-state index in [0.29, 0.717) is 16.2 Å². The fourth-order valence-electron chi connectivity index (χ4n) is 2.23. The van der Waals surface area contributed by atoms with Gasteiger partial charge in [0.25, 0.3) is 0 Å². The number of fused-ring (bicyclic) bond motifs is 1. The van der Waals surface area contributed by atoms with Crippen LogP contribution in [0, 0.1) is 0 Å². The Balaban J connectivity index is 1.93. The summed E-state index contributed by atoms with van der Waals surface area (Å²) in [6.07, 6.45) is 0. The van der Waals surface area contributed by atoms with Crippen molar-refractivity contribution in [3.05, 3.63) is 54.6 Å². The molecular weight excluding hydrogens is 312 g/mol. The molecule has 0 aliphatic carbocycles.